The number of carbonyl (C=O) groups excluding carboxylic acids is 1. The van der Waals surface area contributed by atoms with Crippen molar-refractivity contribution >= 4 is 28.5 Å². The van der Waals surface area contributed by atoms with E-state index in [0.717, 1.165) is 17.5 Å². The molecule has 1 atom stereocenters. The Morgan fingerprint density at radius 2 is 2.00 bits per heavy atom. The minimum absolute atomic E-state index is 0.0545. The van der Waals surface area contributed by atoms with Crippen LogP contribution in [0, 0.1) is 0 Å². The lowest BCUT2D eigenvalue weighted by Crippen LogP contribution is -2.34. The van der Waals surface area contributed by atoms with Crippen LogP contribution in [0.1, 0.15) is 12.2 Å². The molecule has 3 aromatic rings. The third kappa shape index (κ3) is 3.91. The molecule has 0 bridgehead atoms. The fourth-order valence-electron chi connectivity index (χ4n) is 3.34. The number of rotatable bonds is 5. The van der Waals surface area contributed by atoms with E-state index < -0.39 is 0 Å². The van der Waals surface area contributed by atoms with Crippen molar-refractivity contribution in [2.45, 2.75) is 25.6 Å². The number of hydrogen-bond acceptors (Lipinski definition) is 4. The number of nitrogens with two attached hydrogens (primary N) is 1. The van der Waals surface area contributed by atoms with Gasteiger partial charge in [-0.1, -0.05) is 23.7 Å². The Morgan fingerprint density at radius 1 is 1.22 bits per heavy atom. The Kier molecular flexibility index (Phi) is 5.01. The van der Waals surface area contributed by atoms with Gasteiger partial charge >= 0.3 is 0 Å². The predicted molar refractivity (Wildman–Crippen MR) is 105 cm³/mol. The number of nitrogens with zero attached hydrogens (tertiary/aromatic N) is 3. The van der Waals surface area contributed by atoms with E-state index in [9.17, 15) is 4.79 Å². The largest absolute Gasteiger partial charge is 0.486 e. The molecule has 1 fully saturated rings. The summed E-state index contributed by atoms with van der Waals surface area (Å²) in [4.78, 5) is 19.2. The van der Waals surface area contributed by atoms with E-state index in [2.05, 4.69) is 4.98 Å². The highest BCUT2D eigenvalue weighted by Gasteiger charge is 2.25. The lowest BCUT2D eigenvalue weighted by atomic mass is 10.3. The van der Waals surface area contributed by atoms with Crippen molar-refractivity contribution in [3.05, 3.63) is 59.4 Å². The molecule has 1 aliphatic rings. The fourth-order valence-corrected chi connectivity index (χ4v) is 3.47. The zero-order valence-corrected chi connectivity index (χ0v) is 15.6. The number of imidazole rings is 1. The second kappa shape index (κ2) is 7.58. The second-order valence-electron chi connectivity index (χ2n) is 6.73. The van der Waals surface area contributed by atoms with Crippen molar-refractivity contribution < 1.29 is 9.53 Å². The summed E-state index contributed by atoms with van der Waals surface area (Å²) < 4.78 is 7.78. The molecule has 7 heteroatoms. The topological polar surface area (TPSA) is 73.4 Å². The zero-order valence-electron chi connectivity index (χ0n) is 14.8. The molecule has 0 aliphatic carbocycles. The average Bonchev–Trinajstić information content (AvgIpc) is 3.25. The van der Waals surface area contributed by atoms with Crippen LogP contribution in [0.3, 0.4) is 0 Å². The fraction of sp³-hybridized carbons (Fsp3) is 0.300. The zero-order chi connectivity index (χ0) is 18.8. The summed E-state index contributed by atoms with van der Waals surface area (Å²) in [5.41, 5.74) is 7.70. The molecule has 1 saturated heterocycles. The van der Waals surface area contributed by atoms with E-state index in [-0.39, 0.29) is 25.1 Å². The number of amides is 1. The Morgan fingerprint density at radius 3 is 2.74 bits per heavy atom. The summed E-state index contributed by atoms with van der Waals surface area (Å²) in [5.74, 6) is 1.47. The van der Waals surface area contributed by atoms with Crippen LogP contribution >= 0.6 is 11.6 Å². The molecular formula is C20H21ClN4O2. The number of carbonyl (C=O) groups is 1. The Labute approximate surface area is 162 Å². The predicted octanol–water partition coefficient (Wildman–Crippen LogP) is 2.83. The summed E-state index contributed by atoms with van der Waals surface area (Å²) in [6.45, 7) is 1.82. The maximum atomic E-state index is 12.7. The van der Waals surface area contributed by atoms with Crippen molar-refractivity contribution in [3.63, 3.8) is 0 Å². The first-order valence-corrected chi connectivity index (χ1v) is 9.34. The van der Waals surface area contributed by atoms with Gasteiger partial charge in [0.2, 0.25) is 5.91 Å². The van der Waals surface area contributed by atoms with Gasteiger partial charge in [0, 0.05) is 24.2 Å². The standard InChI is InChI=1S/C20H21ClN4O2/c21-14-5-7-16(8-6-14)27-13-19-23-17-3-1-2-4-18(17)25(19)12-20(26)24-10-9-15(22)11-24/h1-8,15H,9-13,22H2/t15-/m1/s1. The van der Waals surface area contributed by atoms with Gasteiger partial charge in [-0.25, -0.2) is 4.98 Å². The maximum absolute atomic E-state index is 12.7. The summed E-state index contributed by atoms with van der Waals surface area (Å²) in [7, 11) is 0. The molecular weight excluding hydrogens is 364 g/mol. The summed E-state index contributed by atoms with van der Waals surface area (Å²) in [5, 5.41) is 0.656. The number of para-hydroxylation sites is 2. The first-order valence-electron chi connectivity index (χ1n) is 8.96. The molecule has 6 nitrogen and oxygen atoms in total. The van der Waals surface area contributed by atoms with E-state index in [1.165, 1.54) is 0 Å². The van der Waals surface area contributed by atoms with Gasteiger partial charge in [-0.05, 0) is 42.8 Å². The number of hydrogen-bond donors (Lipinski definition) is 1. The third-order valence-electron chi connectivity index (χ3n) is 4.79. The van der Waals surface area contributed by atoms with E-state index in [4.69, 9.17) is 22.1 Å². The van der Waals surface area contributed by atoms with Crippen LogP contribution in [-0.4, -0.2) is 39.5 Å². The monoisotopic (exact) mass is 384 g/mol. The summed E-state index contributed by atoms with van der Waals surface area (Å²) in [6, 6.07) is 15.0. The van der Waals surface area contributed by atoms with Crippen LogP contribution in [0.5, 0.6) is 5.75 Å². The van der Waals surface area contributed by atoms with Crippen molar-refractivity contribution in [2.24, 2.45) is 5.73 Å². The number of halogens is 1. The lowest BCUT2D eigenvalue weighted by molar-refractivity contribution is -0.130. The molecule has 0 unspecified atom stereocenters. The average molecular weight is 385 g/mol. The van der Waals surface area contributed by atoms with Gasteiger partial charge in [-0.2, -0.15) is 0 Å². The van der Waals surface area contributed by atoms with E-state index in [0.29, 0.717) is 29.7 Å². The highest BCUT2D eigenvalue weighted by atomic mass is 35.5. The summed E-state index contributed by atoms with van der Waals surface area (Å²) >= 11 is 5.91. The Hall–Kier alpha value is -2.57. The minimum Gasteiger partial charge on any atom is -0.486 e. The molecule has 0 saturated carbocycles. The smallest absolute Gasteiger partial charge is 0.242 e. The van der Waals surface area contributed by atoms with Gasteiger partial charge in [0.05, 0.1) is 11.0 Å². The van der Waals surface area contributed by atoms with Crippen molar-refractivity contribution in [2.75, 3.05) is 13.1 Å². The number of aromatic nitrogens is 2. The van der Waals surface area contributed by atoms with Gasteiger partial charge in [0.15, 0.2) is 0 Å². The summed E-state index contributed by atoms with van der Waals surface area (Å²) in [6.07, 6.45) is 0.850. The van der Waals surface area contributed by atoms with E-state index >= 15 is 0 Å². The maximum Gasteiger partial charge on any atom is 0.242 e. The van der Waals surface area contributed by atoms with Gasteiger partial charge in [-0.3, -0.25) is 4.79 Å². The Bertz CT molecular complexity index is 954. The Balaban J connectivity index is 1.57. The molecule has 1 aromatic heterocycles. The molecule has 1 amide bonds. The van der Waals surface area contributed by atoms with Crippen LogP contribution in [0.4, 0.5) is 0 Å². The molecule has 2 heterocycles. The van der Waals surface area contributed by atoms with Crippen LogP contribution in [0.25, 0.3) is 11.0 Å². The minimum atomic E-state index is 0.0545. The lowest BCUT2D eigenvalue weighted by Gasteiger charge is -2.17. The molecule has 2 aromatic carbocycles. The third-order valence-corrected chi connectivity index (χ3v) is 5.04. The SMILES string of the molecule is N[C@@H]1CCN(C(=O)Cn2c(COc3ccc(Cl)cc3)nc3ccccc32)C1. The van der Waals surface area contributed by atoms with Crippen LogP contribution in [0.15, 0.2) is 48.5 Å². The molecule has 0 radical (unpaired) electrons. The van der Waals surface area contributed by atoms with Crippen molar-refractivity contribution in [1.82, 2.24) is 14.5 Å². The van der Waals surface area contributed by atoms with Gasteiger partial charge in [-0.15, -0.1) is 0 Å². The van der Waals surface area contributed by atoms with E-state index in [1.54, 1.807) is 12.1 Å². The molecule has 27 heavy (non-hydrogen) atoms. The molecule has 2 N–H and O–H groups in total. The quantitative estimate of drug-likeness (QED) is 0.734. The number of fused-ring (bicyclic) bond motifs is 1. The van der Waals surface area contributed by atoms with Gasteiger partial charge in [0.1, 0.15) is 24.7 Å². The van der Waals surface area contributed by atoms with Gasteiger partial charge < -0.3 is 19.9 Å². The first-order chi connectivity index (χ1) is 13.1. The molecule has 4 rings (SSSR count). The van der Waals surface area contributed by atoms with E-state index in [1.807, 2.05) is 45.9 Å². The van der Waals surface area contributed by atoms with Crippen LogP contribution in [0.2, 0.25) is 5.02 Å². The number of likely N-dealkylation sites (tertiary alicyclic amines) is 1. The van der Waals surface area contributed by atoms with Crippen molar-refractivity contribution in [1.29, 1.82) is 0 Å². The normalized spacial score (nSPS) is 16.8. The number of ether oxygens (including phenoxy) is 1. The second-order valence-corrected chi connectivity index (χ2v) is 7.17. The molecule has 1 aliphatic heterocycles. The van der Waals surface area contributed by atoms with Crippen LogP contribution in [-0.2, 0) is 17.9 Å². The highest BCUT2D eigenvalue weighted by Crippen LogP contribution is 2.20. The molecule has 0 spiro atoms. The first kappa shape index (κ1) is 17.8. The van der Waals surface area contributed by atoms with Gasteiger partial charge in [0.25, 0.3) is 0 Å². The highest BCUT2D eigenvalue weighted by molar-refractivity contribution is 6.30. The molecule has 140 valence electrons. The van der Waals surface area contributed by atoms with Crippen LogP contribution < -0.4 is 10.5 Å². The number of benzene rings is 2. The van der Waals surface area contributed by atoms with Crippen molar-refractivity contribution in [3.8, 4) is 5.75 Å².